The van der Waals surface area contributed by atoms with Crippen LogP contribution < -0.4 is 0 Å². The Morgan fingerprint density at radius 2 is 1.60 bits per heavy atom. The van der Waals surface area contributed by atoms with Gasteiger partial charge in [-0.3, -0.25) is 4.57 Å². The summed E-state index contributed by atoms with van der Waals surface area (Å²) in [7, 11) is 0. The predicted octanol–water partition coefficient (Wildman–Crippen LogP) is 5.70. The lowest BCUT2D eigenvalue weighted by atomic mass is 10.0. The third kappa shape index (κ3) is 2.69. The van der Waals surface area contributed by atoms with E-state index < -0.39 is 0 Å². The van der Waals surface area contributed by atoms with Crippen LogP contribution >= 0.6 is 0 Å². The largest absolute Gasteiger partial charge is 0.475 e. The van der Waals surface area contributed by atoms with Crippen LogP contribution in [0.1, 0.15) is 17.2 Å². The first kappa shape index (κ1) is 17.0. The summed E-state index contributed by atoms with van der Waals surface area (Å²) in [4.78, 5) is 9.56. The molecule has 0 fully saturated rings. The minimum Gasteiger partial charge on any atom is -0.475 e. The highest BCUT2D eigenvalue weighted by atomic mass is 16.5. The lowest BCUT2D eigenvalue weighted by molar-refractivity contribution is 0.320. The van der Waals surface area contributed by atoms with E-state index in [0.29, 0.717) is 12.5 Å². The SMILES string of the molecule is c1ccc([C@H]2COC(c3ccc4ccccc4c3-n3cnc4ccccc43)=N2)cc1. The first-order valence-electron chi connectivity index (χ1n) is 10.1. The molecule has 1 aliphatic heterocycles. The molecule has 0 N–H and O–H groups in total. The summed E-state index contributed by atoms with van der Waals surface area (Å²) >= 11 is 0. The number of para-hydroxylation sites is 2. The standard InChI is InChI=1S/C26H19N3O/c1-2-9-19(10-3-1)23-16-30-26(28-23)21-15-14-18-8-4-5-11-20(18)25(21)29-17-27-22-12-6-7-13-24(22)29/h1-15,17,23H,16H2/t23-/m1/s1. The molecule has 2 heterocycles. The molecule has 6 rings (SSSR count). The van der Waals surface area contributed by atoms with Gasteiger partial charge in [-0.2, -0.15) is 0 Å². The Hall–Kier alpha value is -3.92. The second-order valence-electron chi connectivity index (χ2n) is 7.46. The highest BCUT2D eigenvalue weighted by Gasteiger charge is 2.25. The van der Waals surface area contributed by atoms with Crippen molar-refractivity contribution in [3.8, 4) is 5.69 Å². The average molecular weight is 389 g/mol. The van der Waals surface area contributed by atoms with Crippen molar-refractivity contribution in [1.29, 1.82) is 0 Å². The topological polar surface area (TPSA) is 39.4 Å². The second-order valence-corrected chi connectivity index (χ2v) is 7.46. The number of fused-ring (bicyclic) bond motifs is 2. The number of imidazole rings is 1. The van der Waals surface area contributed by atoms with Gasteiger partial charge >= 0.3 is 0 Å². The van der Waals surface area contributed by atoms with E-state index in [1.54, 1.807) is 0 Å². The van der Waals surface area contributed by atoms with Gasteiger partial charge in [0.15, 0.2) is 0 Å². The minimum absolute atomic E-state index is 0.0139. The van der Waals surface area contributed by atoms with Crippen LogP contribution in [0, 0.1) is 0 Å². The van der Waals surface area contributed by atoms with Crippen LogP contribution in [-0.2, 0) is 4.74 Å². The summed E-state index contributed by atoms with van der Waals surface area (Å²) in [6.07, 6.45) is 1.89. The maximum atomic E-state index is 6.12. The number of hydrogen-bond donors (Lipinski definition) is 0. The monoisotopic (exact) mass is 389 g/mol. The average Bonchev–Trinajstić information content (AvgIpc) is 3.47. The molecule has 4 nitrogen and oxygen atoms in total. The molecular formula is C26H19N3O. The number of nitrogens with zero attached hydrogens (tertiary/aromatic N) is 3. The van der Waals surface area contributed by atoms with Gasteiger partial charge in [-0.1, -0.05) is 72.8 Å². The molecule has 30 heavy (non-hydrogen) atoms. The van der Waals surface area contributed by atoms with Gasteiger partial charge in [0.1, 0.15) is 19.0 Å². The van der Waals surface area contributed by atoms with E-state index in [-0.39, 0.29) is 6.04 Å². The maximum absolute atomic E-state index is 6.12. The fourth-order valence-electron chi connectivity index (χ4n) is 4.19. The van der Waals surface area contributed by atoms with Crippen molar-refractivity contribution in [2.75, 3.05) is 6.61 Å². The lowest BCUT2D eigenvalue weighted by Crippen LogP contribution is -2.08. The zero-order chi connectivity index (χ0) is 19.9. The number of rotatable bonds is 3. The van der Waals surface area contributed by atoms with Crippen LogP contribution in [-0.4, -0.2) is 22.1 Å². The molecule has 0 spiro atoms. The van der Waals surface area contributed by atoms with Crippen molar-refractivity contribution in [1.82, 2.24) is 9.55 Å². The van der Waals surface area contributed by atoms with E-state index in [1.165, 1.54) is 10.9 Å². The fourth-order valence-corrected chi connectivity index (χ4v) is 4.19. The molecule has 0 unspecified atom stereocenters. The van der Waals surface area contributed by atoms with Crippen LogP contribution in [0.4, 0.5) is 0 Å². The minimum atomic E-state index is 0.0139. The molecule has 0 saturated carbocycles. The Labute approximate surface area is 174 Å². The molecule has 1 atom stereocenters. The van der Waals surface area contributed by atoms with Crippen LogP contribution in [0.15, 0.2) is 102 Å². The zero-order valence-electron chi connectivity index (χ0n) is 16.3. The summed E-state index contributed by atoms with van der Waals surface area (Å²) in [6, 6.07) is 31.2. The Bertz CT molecular complexity index is 1400. The molecule has 0 amide bonds. The zero-order valence-corrected chi connectivity index (χ0v) is 16.3. The van der Waals surface area contributed by atoms with E-state index in [1.807, 2.05) is 42.7 Å². The first-order chi connectivity index (χ1) is 14.9. The van der Waals surface area contributed by atoms with Crippen molar-refractivity contribution in [2.45, 2.75) is 6.04 Å². The molecule has 0 radical (unpaired) electrons. The summed E-state index contributed by atoms with van der Waals surface area (Å²) in [6.45, 7) is 0.552. The van der Waals surface area contributed by atoms with Crippen molar-refractivity contribution < 1.29 is 4.74 Å². The van der Waals surface area contributed by atoms with Crippen molar-refractivity contribution >= 4 is 27.7 Å². The predicted molar refractivity (Wildman–Crippen MR) is 120 cm³/mol. The Morgan fingerprint density at radius 3 is 2.53 bits per heavy atom. The molecule has 1 aliphatic rings. The van der Waals surface area contributed by atoms with Gasteiger partial charge in [0, 0.05) is 5.39 Å². The number of hydrogen-bond acceptors (Lipinski definition) is 3. The number of aliphatic imine (C=N–C) groups is 1. The molecule has 0 saturated heterocycles. The maximum Gasteiger partial charge on any atom is 0.219 e. The third-order valence-electron chi connectivity index (χ3n) is 5.66. The lowest BCUT2D eigenvalue weighted by Gasteiger charge is -2.14. The van der Waals surface area contributed by atoms with Gasteiger partial charge in [0.25, 0.3) is 0 Å². The Balaban J connectivity index is 1.58. The summed E-state index contributed by atoms with van der Waals surface area (Å²) in [5.74, 6) is 0.683. The van der Waals surface area contributed by atoms with E-state index in [4.69, 9.17) is 9.73 Å². The van der Waals surface area contributed by atoms with Crippen molar-refractivity contribution in [3.63, 3.8) is 0 Å². The molecule has 4 aromatic carbocycles. The molecule has 1 aromatic heterocycles. The Morgan fingerprint density at radius 1 is 0.800 bits per heavy atom. The van der Waals surface area contributed by atoms with Gasteiger partial charge in [-0.05, 0) is 29.1 Å². The molecule has 0 aliphatic carbocycles. The molecule has 0 bridgehead atoms. The van der Waals surface area contributed by atoms with Gasteiger partial charge in [-0.15, -0.1) is 0 Å². The van der Waals surface area contributed by atoms with Gasteiger partial charge < -0.3 is 4.74 Å². The van der Waals surface area contributed by atoms with Crippen LogP contribution in [0.3, 0.4) is 0 Å². The van der Waals surface area contributed by atoms with Crippen LogP contribution in [0.2, 0.25) is 0 Å². The number of benzene rings is 4. The summed E-state index contributed by atoms with van der Waals surface area (Å²) in [5.41, 5.74) is 5.23. The summed E-state index contributed by atoms with van der Waals surface area (Å²) < 4.78 is 8.27. The van der Waals surface area contributed by atoms with E-state index in [9.17, 15) is 0 Å². The molecular weight excluding hydrogens is 370 g/mol. The van der Waals surface area contributed by atoms with Gasteiger partial charge in [0.2, 0.25) is 5.90 Å². The van der Waals surface area contributed by atoms with Crippen molar-refractivity contribution in [2.24, 2.45) is 4.99 Å². The van der Waals surface area contributed by atoms with Gasteiger partial charge in [-0.25, -0.2) is 9.98 Å². The van der Waals surface area contributed by atoms with E-state index in [0.717, 1.165) is 27.7 Å². The number of aromatic nitrogens is 2. The fraction of sp³-hybridized carbons (Fsp3) is 0.0769. The molecule has 5 aromatic rings. The quantitative estimate of drug-likeness (QED) is 0.397. The second kappa shape index (κ2) is 6.85. The van der Waals surface area contributed by atoms with Crippen LogP contribution in [0.25, 0.3) is 27.5 Å². The molecule has 144 valence electrons. The third-order valence-corrected chi connectivity index (χ3v) is 5.66. The smallest absolute Gasteiger partial charge is 0.219 e. The van der Waals surface area contributed by atoms with Gasteiger partial charge in [0.05, 0.1) is 22.3 Å². The van der Waals surface area contributed by atoms with E-state index >= 15 is 0 Å². The summed E-state index contributed by atoms with van der Waals surface area (Å²) in [5, 5.41) is 2.32. The normalized spacial score (nSPS) is 16.0. The highest BCUT2D eigenvalue weighted by Crippen LogP contribution is 2.33. The van der Waals surface area contributed by atoms with E-state index in [2.05, 4.69) is 64.1 Å². The first-order valence-corrected chi connectivity index (χ1v) is 10.1. The number of ether oxygens (including phenoxy) is 1. The van der Waals surface area contributed by atoms with Crippen LogP contribution in [0.5, 0.6) is 0 Å². The van der Waals surface area contributed by atoms with Crippen molar-refractivity contribution in [3.05, 3.63) is 108 Å². The Kier molecular flexibility index (Phi) is 3.88. The molecule has 4 heteroatoms. The highest BCUT2D eigenvalue weighted by molar-refractivity contribution is 6.06.